The van der Waals surface area contributed by atoms with Gasteiger partial charge < -0.3 is 5.11 Å². The molecular formula is C13H20O. The van der Waals surface area contributed by atoms with Gasteiger partial charge in [-0.1, -0.05) is 50.1 Å². The summed E-state index contributed by atoms with van der Waals surface area (Å²) in [6.45, 7) is 2.51. The van der Waals surface area contributed by atoms with Crippen molar-refractivity contribution in [3.05, 3.63) is 35.9 Å². The molecule has 1 N–H and O–H groups in total. The lowest BCUT2D eigenvalue weighted by molar-refractivity contribution is 0.215. The third kappa shape index (κ3) is 3.93. The Hall–Kier alpha value is -0.820. The first-order chi connectivity index (χ1) is 6.86. The first-order valence-corrected chi connectivity index (χ1v) is 5.51. The van der Waals surface area contributed by atoms with Crippen molar-refractivity contribution < 1.29 is 5.11 Å². The van der Waals surface area contributed by atoms with E-state index in [0.717, 1.165) is 12.8 Å². The van der Waals surface area contributed by atoms with E-state index < -0.39 is 0 Å². The summed E-state index contributed by atoms with van der Waals surface area (Å²) < 4.78 is 0. The van der Waals surface area contributed by atoms with Crippen LogP contribution in [0.1, 0.15) is 31.7 Å². The molecule has 0 aliphatic carbocycles. The fourth-order valence-corrected chi connectivity index (χ4v) is 1.70. The average Bonchev–Trinajstić information content (AvgIpc) is 2.25. The molecule has 0 aliphatic rings. The van der Waals surface area contributed by atoms with Crippen molar-refractivity contribution in [2.45, 2.75) is 32.6 Å². The maximum absolute atomic E-state index is 9.21. The quantitative estimate of drug-likeness (QED) is 0.734. The van der Waals surface area contributed by atoms with Crippen LogP contribution in [0.2, 0.25) is 0 Å². The normalized spacial score (nSPS) is 12.7. The molecule has 0 saturated heterocycles. The fraction of sp³-hybridized carbons (Fsp3) is 0.538. The minimum absolute atomic E-state index is 0.314. The van der Waals surface area contributed by atoms with Crippen molar-refractivity contribution in [1.82, 2.24) is 0 Å². The van der Waals surface area contributed by atoms with E-state index in [-0.39, 0.29) is 0 Å². The van der Waals surface area contributed by atoms with E-state index in [9.17, 15) is 5.11 Å². The summed E-state index contributed by atoms with van der Waals surface area (Å²) in [5.41, 5.74) is 1.34. The zero-order valence-corrected chi connectivity index (χ0v) is 8.95. The molecule has 0 spiro atoms. The van der Waals surface area contributed by atoms with Gasteiger partial charge in [-0.2, -0.15) is 0 Å². The van der Waals surface area contributed by atoms with E-state index >= 15 is 0 Å². The Labute approximate surface area is 86.8 Å². The van der Waals surface area contributed by atoms with Crippen LogP contribution >= 0.6 is 0 Å². The Morgan fingerprint density at radius 1 is 1.21 bits per heavy atom. The van der Waals surface area contributed by atoms with Crippen LogP contribution < -0.4 is 0 Å². The lowest BCUT2D eigenvalue weighted by Crippen LogP contribution is -2.09. The maximum atomic E-state index is 9.21. The smallest absolute Gasteiger partial charge is 0.0462 e. The van der Waals surface area contributed by atoms with Gasteiger partial charge in [0.05, 0.1) is 0 Å². The summed E-state index contributed by atoms with van der Waals surface area (Å²) in [5.74, 6) is 0.442. The van der Waals surface area contributed by atoms with Crippen molar-refractivity contribution in [2.75, 3.05) is 6.61 Å². The van der Waals surface area contributed by atoms with Gasteiger partial charge in [-0.3, -0.25) is 0 Å². The van der Waals surface area contributed by atoms with Crippen LogP contribution in [0, 0.1) is 5.92 Å². The zero-order valence-electron chi connectivity index (χ0n) is 8.95. The number of benzene rings is 1. The monoisotopic (exact) mass is 192 g/mol. The average molecular weight is 192 g/mol. The molecule has 0 amide bonds. The summed E-state index contributed by atoms with van der Waals surface area (Å²) in [6.07, 6.45) is 4.59. The van der Waals surface area contributed by atoms with Crippen LogP contribution in [0.4, 0.5) is 0 Å². The molecule has 1 heteroatoms. The summed E-state index contributed by atoms with van der Waals surface area (Å²) in [6, 6.07) is 10.4. The first kappa shape index (κ1) is 11.3. The van der Waals surface area contributed by atoms with E-state index in [0.29, 0.717) is 12.5 Å². The molecule has 0 bridgehead atoms. The second-order valence-corrected chi connectivity index (χ2v) is 3.88. The van der Waals surface area contributed by atoms with Gasteiger partial charge in [-0.25, -0.2) is 0 Å². The molecule has 78 valence electrons. The highest BCUT2D eigenvalue weighted by Gasteiger charge is 2.07. The van der Waals surface area contributed by atoms with Crippen molar-refractivity contribution in [3.8, 4) is 0 Å². The summed E-state index contributed by atoms with van der Waals surface area (Å²) >= 11 is 0. The van der Waals surface area contributed by atoms with Crippen LogP contribution in [0.3, 0.4) is 0 Å². The highest BCUT2D eigenvalue weighted by Crippen LogP contribution is 2.14. The highest BCUT2D eigenvalue weighted by atomic mass is 16.3. The highest BCUT2D eigenvalue weighted by molar-refractivity contribution is 5.15. The van der Waals surface area contributed by atoms with E-state index in [4.69, 9.17) is 0 Å². The van der Waals surface area contributed by atoms with Crippen LogP contribution in [0.25, 0.3) is 0 Å². The second-order valence-electron chi connectivity index (χ2n) is 3.88. The molecule has 0 aromatic heterocycles. The summed E-state index contributed by atoms with van der Waals surface area (Å²) in [5, 5.41) is 9.21. The second kappa shape index (κ2) is 6.61. The topological polar surface area (TPSA) is 20.2 Å². The van der Waals surface area contributed by atoms with Gasteiger partial charge in [-0.05, 0) is 24.3 Å². The van der Waals surface area contributed by atoms with Crippen molar-refractivity contribution in [2.24, 2.45) is 5.92 Å². The Morgan fingerprint density at radius 3 is 2.50 bits per heavy atom. The van der Waals surface area contributed by atoms with E-state index in [1.165, 1.54) is 18.4 Å². The van der Waals surface area contributed by atoms with Gasteiger partial charge in [0.2, 0.25) is 0 Å². The van der Waals surface area contributed by atoms with Gasteiger partial charge in [0.15, 0.2) is 0 Å². The largest absolute Gasteiger partial charge is 0.396 e. The number of hydrogen-bond acceptors (Lipinski definition) is 1. The number of aliphatic hydroxyl groups is 1. The van der Waals surface area contributed by atoms with Crippen molar-refractivity contribution >= 4 is 0 Å². The Kier molecular flexibility index (Phi) is 5.31. The fourth-order valence-electron chi connectivity index (χ4n) is 1.70. The lowest BCUT2D eigenvalue weighted by Gasteiger charge is -2.13. The molecule has 1 nitrogen and oxygen atoms in total. The predicted octanol–water partition coefficient (Wildman–Crippen LogP) is 3.03. The molecule has 14 heavy (non-hydrogen) atoms. The zero-order chi connectivity index (χ0) is 10.2. The van der Waals surface area contributed by atoms with E-state index in [2.05, 4.69) is 31.2 Å². The van der Waals surface area contributed by atoms with Gasteiger partial charge in [0.25, 0.3) is 0 Å². The molecule has 0 unspecified atom stereocenters. The summed E-state index contributed by atoms with van der Waals surface area (Å²) in [4.78, 5) is 0. The van der Waals surface area contributed by atoms with Crippen LogP contribution in [-0.4, -0.2) is 11.7 Å². The molecule has 0 saturated carbocycles. The van der Waals surface area contributed by atoms with Gasteiger partial charge in [0, 0.05) is 6.61 Å². The minimum Gasteiger partial charge on any atom is -0.396 e. The standard InChI is InChI=1S/C13H20O/c1-2-3-7-13(11-14)10-12-8-5-4-6-9-12/h4-6,8-9,13-14H,2-3,7,10-11H2,1H3/t13-/m0/s1. The molecular weight excluding hydrogens is 172 g/mol. The Balaban J connectivity index is 2.40. The molecule has 1 rings (SSSR count). The predicted molar refractivity (Wildman–Crippen MR) is 60.2 cm³/mol. The number of unbranched alkanes of at least 4 members (excludes halogenated alkanes) is 1. The molecule has 1 atom stereocenters. The SMILES string of the molecule is CCCC[C@H](CO)Cc1ccccc1. The van der Waals surface area contributed by atoms with Crippen LogP contribution in [-0.2, 0) is 6.42 Å². The Bertz CT molecular complexity index is 230. The maximum Gasteiger partial charge on any atom is 0.0462 e. The molecule has 1 aromatic carbocycles. The van der Waals surface area contributed by atoms with E-state index in [1.54, 1.807) is 0 Å². The van der Waals surface area contributed by atoms with E-state index in [1.807, 2.05) is 6.07 Å². The molecule has 1 aromatic rings. The third-order valence-electron chi connectivity index (χ3n) is 2.59. The van der Waals surface area contributed by atoms with Crippen LogP contribution in [0.5, 0.6) is 0 Å². The first-order valence-electron chi connectivity index (χ1n) is 5.51. The van der Waals surface area contributed by atoms with Gasteiger partial charge >= 0.3 is 0 Å². The Morgan fingerprint density at radius 2 is 1.93 bits per heavy atom. The number of aliphatic hydroxyl groups excluding tert-OH is 1. The lowest BCUT2D eigenvalue weighted by atomic mass is 9.95. The molecule has 0 radical (unpaired) electrons. The molecule has 0 fully saturated rings. The summed E-state index contributed by atoms with van der Waals surface area (Å²) in [7, 11) is 0. The number of hydrogen-bond donors (Lipinski definition) is 1. The molecule has 0 heterocycles. The third-order valence-corrected chi connectivity index (χ3v) is 2.59. The molecule has 0 aliphatic heterocycles. The number of rotatable bonds is 6. The minimum atomic E-state index is 0.314. The van der Waals surface area contributed by atoms with Crippen molar-refractivity contribution in [1.29, 1.82) is 0 Å². The van der Waals surface area contributed by atoms with Gasteiger partial charge in [0.1, 0.15) is 0 Å². The van der Waals surface area contributed by atoms with Gasteiger partial charge in [-0.15, -0.1) is 0 Å². The van der Waals surface area contributed by atoms with Crippen molar-refractivity contribution in [3.63, 3.8) is 0 Å². The van der Waals surface area contributed by atoms with Crippen LogP contribution in [0.15, 0.2) is 30.3 Å².